The molecule has 0 aliphatic carbocycles. The van der Waals surface area contributed by atoms with Gasteiger partial charge < -0.3 is 25.0 Å². The van der Waals surface area contributed by atoms with Crippen molar-refractivity contribution < 1.29 is 19.1 Å². The van der Waals surface area contributed by atoms with E-state index in [9.17, 15) is 9.59 Å². The summed E-state index contributed by atoms with van der Waals surface area (Å²) in [7, 11) is 6.82. The van der Waals surface area contributed by atoms with Crippen molar-refractivity contribution in [1.29, 1.82) is 0 Å². The minimum Gasteiger partial charge on any atom is -0.379 e. The van der Waals surface area contributed by atoms with Crippen LogP contribution in [0.1, 0.15) is 46.5 Å². The van der Waals surface area contributed by atoms with Crippen molar-refractivity contribution in [2.24, 2.45) is 11.8 Å². The Morgan fingerprint density at radius 2 is 1.85 bits per heavy atom. The molecule has 27 heavy (non-hydrogen) atoms. The maximum Gasteiger partial charge on any atom is 0.225 e. The van der Waals surface area contributed by atoms with Gasteiger partial charge in [0, 0.05) is 33.9 Å². The second kappa shape index (κ2) is 11.6. The van der Waals surface area contributed by atoms with Gasteiger partial charge in [-0.1, -0.05) is 27.2 Å². The highest BCUT2D eigenvalue weighted by atomic mass is 16.5. The molecular weight excluding hydrogens is 346 g/mol. The Morgan fingerprint density at radius 3 is 2.33 bits per heavy atom. The lowest BCUT2D eigenvalue weighted by Gasteiger charge is -2.35. The molecule has 7 heteroatoms. The minimum absolute atomic E-state index is 0.0667. The zero-order valence-corrected chi connectivity index (χ0v) is 18.1. The van der Waals surface area contributed by atoms with Gasteiger partial charge in [0.15, 0.2) is 0 Å². The van der Waals surface area contributed by atoms with Gasteiger partial charge in [-0.15, -0.1) is 0 Å². The van der Waals surface area contributed by atoms with Crippen LogP contribution in [0.4, 0.5) is 0 Å². The third kappa shape index (κ3) is 5.90. The Bertz CT molecular complexity index is 474. The number of likely N-dealkylation sites (tertiary alicyclic amines) is 1. The second-order valence-corrected chi connectivity index (χ2v) is 7.58. The average Bonchev–Trinajstić information content (AvgIpc) is 3.16. The van der Waals surface area contributed by atoms with Gasteiger partial charge in [-0.05, 0) is 25.8 Å². The van der Waals surface area contributed by atoms with Gasteiger partial charge >= 0.3 is 0 Å². The first-order valence-electron chi connectivity index (χ1n) is 10.1. The van der Waals surface area contributed by atoms with Gasteiger partial charge in [-0.2, -0.15) is 0 Å². The fourth-order valence-corrected chi connectivity index (χ4v) is 4.25. The summed E-state index contributed by atoms with van der Waals surface area (Å²) < 4.78 is 11.3. The van der Waals surface area contributed by atoms with E-state index < -0.39 is 0 Å². The minimum atomic E-state index is -0.318. The largest absolute Gasteiger partial charge is 0.379 e. The number of nitrogens with zero attached hydrogens (tertiary/aromatic N) is 1. The molecule has 1 heterocycles. The van der Waals surface area contributed by atoms with Gasteiger partial charge in [0.05, 0.1) is 30.6 Å². The van der Waals surface area contributed by atoms with E-state index >= 15 is 0 Å². The van der Waals surface area contributed by atoms with Gasteiger partial charge in [0.2, 0.25) is 11.8 Å². The number of hydrogen-bond donors (Lipinski definition) is 2. The molecule has 158 valence electrons. The first-order chi connectivity index (χ1) is 12.9. The summed E-state index contributed by atoms with van der Waals surface area (Å²) in [4.78, 5) is 27.1. The van der Waals surface area contributed by atoms with Crippen molar-refractivity contribution in [2.75, 3.05) is 34.9 Å². The summed E-state index contributed by atoms with van der Waals surface area (Å²) in [6.45, 7) is 6.87. The van der Waals surface area contributed by atoms with E-state index in [0.717, 1.165) is 19.3 Å². The smallest absolute Gasteiger partial charge is 0.225 e. The Labute approximate surface area is 164 Å². The highest BCUT2D eigenvalue weighted by molar-refractivity contribution is 5.80. The van der Waals surface area contributed by atoms with E-state index in [-0.39, 0.29) is 42.0 Å². The normalized spacial score (nSPS) is 22.8. The molecule has 1 rings (SSSR count). The van der Waals surface area contributed by atoms with Crippen LogP contribution >= 0.6 is 0 Å². The molecule has 0 saturated carbocycles. The fourth-order valence-electron chi connectivity index (χ4n) is 4.25. The van der Waals surface area contributed by atoms with Crippen molar-refractivity contribution in [2.45, 2.75) is 70.7 Å². The molecule has 1 aliphatic heterocycles. The molecule has 0 unspecified atom stereocenters. The maximum absolute atomic E-state index is 13.1. The van der Waals surface area contributed by atoms with Crippen LogP contribution in [-0.2, 0) is 19.1 Å². The number of nitrogens with one attached hydrogen (secondary N) is 2. The predicted octanol–water partition coefficient (Wildman–Crippen LogP) is 1.41. The molecule has 7 nitrogen and oxygen atoms in total. The molecule has 1 aliphatic rings. The van der Waals surface area contributed by atoms with Crippen LogP contribution in [0.25, 0.3) is 0 Å². The zero-order valence-electron chi connectivity index (χ0n) is 18.1. The van der Waals surface area contributed by atoms with Crippen molar-refractivity contribution >= 4 is 11.8 Å². The quantitative estimate of drug-likeness (QED) is 0.562. The molecule has 2 amide bonds. The molecule has 2 N–H and O–H groups in total. The molecular formula is C20H39N3O4. The number of amides is 2. The summed E-state index contributed by atoms with van der Waals surface area (Å²) >= 11 is 0. The van der Waals surface area contributed by atoms with Crippen LogP contribution in [0, 0.1) is 11.8 Å². The van der Waals surface area contributed by atoms with E-state index in [2.05, 4.69) is 24.5 Å². The fraction of sp³-hybridized carbons (Fsp3) is 0.900. The molecule has 6 atom stereocenters. The van der Waals surface area contributed by atoms with Crippen LogP contribution in [0.2, 0.25) is 0 Å². The van der Waals surface area contributed by atoms with E-state index in [1.165, 1.54) is 0 Å². The number of methoxy groups -OCH3 is 2. The predicted molar refractivity (Wildman–Crippen MR) is 106 cm³/mol. The monoisotopic (exact) mass is 385 g/mol. The maximum atomic E-state index is 13.1. The molecule has 0 radical (unpaired) electrons. The molecule has 1 fully saturated rings. The topological polar surface area (TPSA) is 79.9 Å². The highest BCUT2D eigenvalue weighted by Crippen LogP contribution is 2.28. The van der Waals surface area contributed by atoms with E-state index in [1.807, 2.05) is 18.9 Å². The van der Waals surface area contributed by atoms with Crippen LogP contribution < -0.4 is 10.6 Å². The van der Waals surface area contributed by atoms with E-state index in [0.29, 0.717) is 18.9 Å². The number of likely N-dealkylation sites (N-methyl/N-ethyl adjacent to an activating group) is 1. The van der Waals surface area contributed by atoms with Crippen LogP contribution in [0.5, 0.6) is 0 Å². The zero-order chi connectivity index (χ0) is 20.6. The lowest BCUT2D eigenvalue weighted by atomic mass is 9.91. The lowest BCUT2D eigenvalue weighted by Crippen LogP contribution is -2.51. The molecule has 0 aromatic rings. The standard InChI is InChI=1S/C20H39N3O4/c1-8-13(2)18(21-4)16(26-6)12-17(24)23-11-9-10-15(23)19(27-7)14(3)20(25)22-5/h13-16,18-19,21H,8-12H2,1-7H3,(H,22,25)/t13-,14+,15-,16+,18-,19+/m0/s1. The Morgan fingerprint density at radius 1 is 1.19 bits per heavy atom. The Hall–Kier alpha value is -1.18. The van der Waals surface area contributed by atoms with Crippen LogP contribution in [0.3, 0.4) is 0 Å². The summed E-state index contributed by atoms with van der Waals surface area (Å²) in [6.07, 6.45) is 2.62. The van der Waals surface area contributed by atoms with E-state index in [4.69, 9.17) is 9.47 Å². The lowest BCUT2D eigenvalue weighted by molar-refractivity contribution is -0.142. The van der Waals surface area contributed by atoms with Gasteiger partial charge in [0.25, 0.3) is 0 Å². The van der Waals surface area contributed by atoms with Gasteiger partial charge in [-0.3, -0.25) is 9.59 Å². The summed E-state index contributed by atoms with van der Waals surface area (Å²) in [6, 6.07) is 0.0389. The van der Waals surface area contributed by atoms with Crippen LogP contribution in [-0.4, -0.2) is 75.9 Å². The number of ether oxygens (including phenoxy) is 2. The second-order valence-electron chi connectivity index (χ2n) is 7.58. The third-order valence-corrected chi connectivity index (χ3v) is 6.09. The summed E-state index contributed by atoms with van der Waals surface area (Å²) in [5.41, 5.74) is 0. The van der Waals surface area contributed by atoms with Crippen molar-refractivity contribution in [3.8, 4) is 0 Å². The van der Waals surface area contributed by atoms with E-state index in [1.54, 1.807) is 21.3 Å². The third-order valence-electron chi connectivity index (χ3n) is 6.09. The summed E-state index contributed by atoms with van der Waals surface area (Å²) in [5.74, 6) is 0.0888. The number of carbonyl (C=O) groups is 2. The van der Waals surface area contributed by atoms with Crippen molar-refractivity contribution in [1.82, 2.24) is 15.5 Å². The first kappa shape index (κ1) is 23.9. The van der Waals surface area contributed by atoms with Gasteiger partial charge in [-0.25, -0.2) is 0 Å². The summed E-state index contributed by atoms with van der Waals surface area (Å²) in [5, 5.41) is 5.99. The van der Waals surface area contributed by atoms with Gasteiger partial charge in [0.1, 0.15) is 0 Å². The first-order valence-corrected chi connectivity index (χ1v) is 10.1. The van der Waals surface area contributed by atoms with Crippen LogP contribution in [0.15, 0.2) is 0 Å². The molecule has 0 bridgehead atoms. The molecule has 0 aromatic carbocycles. The molecule has 1 saturated heterocycles. The SMILES string of the molecule is CC[C@H](C)[C@H](NC)[C@@H](CC(=O)N1CCC[C@H]1[C@H](OC)[C@@H](C)C(=O)NC)OC. The number of rotatable bonds is 11. The average molecular weight is 386 g/mol. The molecule has 0 spiro atoms. The number of carbonyl (C=O) groups excluding carboxylic acids is 2. The number of hydrogen-bond acceptors (Lipinski definition) is 5. The highest BCUT2D eigenvalue weighted by Gasteiger charge is 2.40. The Balaban J connectivity index is 2.89. The molecule has 0 aromatic heterocycles. The Kier molecular flexibility index (Phi) is 10.3. The van der Waals surface area contributed by atoms with Crippen molar-refractivity contribution in [3.63, 3.8) is 0 Å². The van der Waals surface area contributed by atoms with Crippen molar-refractivity contribution in [3.05, 3.63) is 0 Å².